The number of benzene rings is 1. The van der Waals surface area contributed by atoms with E-state index >= 15 is 0 Å². The monoisotopic (exact) mass is 309 g/mol. The van der Waals surface area contributed by atoms with E-state index in [9.17, 15) is 10.1 Å². The topological polar surface area (TPSA) is 78.2 Å². The van der Waals surface area contributed by atoms with Gasteiger partial charge in [0.1, 0.15) is 6.54 Å². The van der Waals surface area contributed by atoms with Gasteiger partial charge in [0.05, 0.1) is 36.8 Å². The van der Waals surface area contributed by atoms with Crippen LogP contribution in [0.25, 0.3) is 0 Å². The zero-order chi connectivity index (χ0) is 16.1. The van der Waals surface area contributed by atoms with Crippen LogP contribution >= 0.6 is 0 Å². The number of nitro benzene ring substituents is 1. The Morgan fingerprint density at radius 1 is 1.23 bits per heavy atom. The molecule has 1 aliphatic carbocycles. The van der Waals surface area contributed by atoms with Gasteiger partial charge in [-0.25, -0.2) is 0 Å². The van der Waals surface area contributed by atoms with Crippen LogP contribution in [0.4, 0.5) is 5.69 Å². The van der Waals surface area contributed by atoms with Gasteiger partial charge in [0, 0.05) is 5.92 Å². The third kappa shape index (κ3) is 3.68. The minimum absolute atomic E-state index is 0.0948. The minimum Gasteiger partial charge on any atom is -0.493 e. The summed E-state index contributed by atoms with van der Waals surface area (Å²) in [6.45, 7) is 2.86. The number of ether oxygens (including phenoxy) is 2. The average molecular weight is 309 g/mol. The maximum atomic E-state index is 11.3. The molecule has 22 heavy (non-hydrogen) atoms. The number of rotatable bonds is 6. The predicted octanol–water partition coefficient (Wildman–Crippen LogP) is 2.25. The Bertz CT molecular complexity index is 533. The first-order valence-corrected chi connectivity index (χ1v) is 7.79. The Hall–Kier alpha value is -1.82. The summed E-state index contributed by atoms with van der Waals surface area (Å²) < 4.78 is 10.4. The van der Waals surface area contributed by atoms with Crippen molar-refractivity contribution in [3.05, 3.63) is 27.8 Å². The summed E-state index contributed by atoms with van der Waals surface area (Å²) in [4.78, 5) is 10.9. The molecule has 0 bridgehead atoms. The minimum atomic E-state index is -0.352. The van der Waals surface area contributed by atoms with Crippen LogP contribution in [0.1, 0.15) is 38.2 Å². The summed E-state index contributed by atoms with van der Waals surface area (Å²) in [5.41, 5.74) is 0.776. The summed E-state index contributed by atoms with van der Waals surface area (Å²) >= 11 is 0. The van der Waals surface area contributed by atoms with Gasteiger partial charge < -0.3 is 14.8 Å². The van der Waals surface area contributed by atoms with E-state index in [1.807, 2.05) is 0 Å². The standard InChI is InChI=1S/C16H24N2O4/c1-11-6-4-5-7-13(11)17-10-12-8-15(21-2)16(22-3)9-14(12)18(19)20/h8-9,11,13,17H,4-7,10H2,1-3H3/p+1/t11-,13-/m1/s1. The smallest absolute Gasteiger partial charge is 0.282 e. The van der Waals surface area contributed by atoms with Crippen molar-refractivity contribution in [3.63, 3.8) is 0 Å². The van der Waals surface area contributed by atoms with E-state index in [0.29, 0.717) is 35.6 Å². The molecule has 1 saturated carbocycles. The third-order valence-electron chi connectivity index (χ3n) is 4.60. The Morgan fingerprint density at radius 3 is 2.45 bits per heavy atom. The highest BCUT2D eigenvalue weighted by molar-refractivity contribution is 5.53. The van der Waals surface area contributed by atoms with Crippen LogP contribution in [0, 0.1) is 16.0 Å². The molecule has 0 saturated heterocycles. The van der Waals surface area contributed by atoms with Crippen molar-refractivity contribution in [3.8, 4) is 11.5 Å². The maximum Gasteiger partial charge on any atom is 0.282 e. The van der Waals surface area contributed by atoms with Crippen LogP contribution in [0.2, 0.25) is 0 Å². The van der Waals surface area contributed by atoms with E-state index in [1.54, 1.807) is 13.2 Å². The predicted molar refractivity (Wildman–Crippen MR) is 83.2 cm³/mol. The quantitative estimate of drug-likeness (QED) is 0.646. The SMILES string of the molecule is COc1cc(C[NH2+][C@@H]2CCCC[C@H]2C)c([N+](=O)[O-])cc1OC. The van der Waals surface area contributed by atoms with E-state index in [0.717, 1.165) is 0 Å². The molecule has 0 unspecified atom stereocenters. The summed E-state index contributed by atoms with van der Waals surface area (Å²) in [5, 5.41) is 13.5. The molecule has 0 spiro atoms. The number of nitrogens with zero attached hydrogens (tertiary/aromatic N) is 1. The lowest BCUT2D eigenvalue weighted by atomic mass is 9.86. The highest BCUT2D eigenvalue weighted by atomic mass is 16.6. The molecule has 0 aliphatic heterocycles. The average Bonchev–Trinajstić information content (AvgIpc) is 2.53. The second-order valence-corrected chi connectivity index (χ2v) is 5.96. The van der Waals surface area contributed by atoms with Crippen LogP contribution in [-0.2, 0) is 6.54 Å². The number of nitro groups is 1. The lowest BCUT2D eigenvalue weighted by Crippen LogP contribution is -2.90. The van der Waals surface area contributed by atoms with Gasteiger partial charge in [-0.2, -0.15) is 0 Å². The third-order valence-corrected chi connectivity index (χ3v) is 4.60. The fourth-order valence-electron chi connectivity index (χ4n) is 3.22. The van der Waals surface area contributed by atoms with Crippen LogP contribution in [0.15, 0.2) is 12.1 Å². The molecular weight excluding hydrogens is 284 g/mol. The molecule has 0 radical (unpaired) electrons. The van der Waals surface area contributed by atoms with Crippen molar-refractivity contribution in [1.82, 2.24) is 0 Å². The van der Waals surface area contributed by atoms with E-state index in [1.165, 1.54) is 38.9 Å². The molecule has 1 aromatic carbocycles. The molecule has 6 nitrogen and oxygen atoms in total. The maximum absolute atomic E-state index is 11.3. The van der Waals surface area contributed by atoms with Crippen molar-refractivity contribution in [2.45, 2.75) is 45.2 Å². The molecule has 0 amide bonds. The van der Waals surface area contributed by atoms with Crippen molar-refractivity contribution in [2.75, 3.05) is 14.2 Å². The molecule has 0 heterocycles. The van der Waals surface area contributed by atoms with Gasteiger partial charge in [-0.1, -0.05) is 13.3 Å². The van der Waals surface area contributed by atoms with Gasteiger partial charge in [0.2, 0.25) is 0 Å². The van der Waals surface area contributed by atoms with Crippen molar-refractivity contribution in [1.29, 1.82) is 0 Å². The largest absolute Gasteiger partial charge is 0.493 e. The normalized spacial score (nSPS) is 21.4. The molecule has 0 aromatic heterocycles. The first-order valence-electron chi connectivity index (χ1n) is 7.79. The summed E-state index contributed by atoms with van der Waals surface area (Å²) in [6.07, 6.45) is 4.97. The van der Waals surface area contributed by atoms with Crippen molar-refractivity contribution in [2.24, 2.45) is 5.92 Å². The van der Waals surface area contributed by atoms with E-state index in [-0.39, 0.29) is 10.6 Å². The molecule has 2 atom stereocenters. The zero-order valence-electron chi connectivity index (χ0n) is 13.5. The van der Waals surface area contributed by atoms with E-state index < -0.39 is 0 Å². The van der Waals surface area contributed by atoms with Gasteiger partial charge in [-0.3, -0.25) is 10.1 Å². The number of nitrogens with two attached hydrogens (primary N) is 1. The first kappa shape index (κ1) is 16.5. The van der Waals surface area contributed by atoms with Crippen LogP contribution < -0.4 is 14.8 Å². The fourth-order valence-corrected chi connectivity index (χ4v) is 3.22. The van der Waals surface area contributed by atoms with E-state index in [4.69, 9.17) is 9.47 Å². The van der Waals surface area contributed by atoms with Crippen LogP contribution in [0.3, 0.4) is 0 Å². The molecule has 2 rings (SSSR count). The highest BCUT2D eigenvalue weighted by Crippen LogP contribution is 2.34. The van der Waals surface area contributed by atoms with Gasteiger partial charge >= 0.3 is 0 Å². The van der Waals surface area contributed by atoms with Gasteiger partial charge in [0.15, 0.2) is 11.5 Å². The molecule has 1 aromatic rings. The van der Waals surface area contributed by atoms with Gasteiger partial charge in [0.25, 0.3) is 5.69 Å². The Balaban J connectivity index is 2.19. The van der Waals surface area contributed by atoms with Gasteiger partial charge in [-0.05, 0) is 25.3 Å². The summed E-state index contributed by atoms with van der Waals surface area (Å²) in [6, 6.07) is 3.72. The number of methoxy groups -OCH3 is 2. The molecule has 1 fully saturated rings. The first-order chi connectivity index (χ1) is 10.6. The lowest BCUT2D eigenvalue weighted by Gasteiger charge is -2.26. The lowest BCUT2D eigenvalue weighted by molar-refractivity contribution is -0.712. The van der Waals surface area contributed by atoms with Crippen molar-refractivity contribution < 1.29 is 19.7 Å². The molecule has 122 valence electrons. The van der Waals surface area contributed by atoms with Crippen LogP contribution in [0.5, 0.6) is 11.5 Å². The van der Waals surface area contributed by atoms with Crippen molar-refractivity contribution >= 4 is 5.69 Å². The molecular formula is C16H25N2O4+. The Kier molecular flexibility index (Phi) is 5.60. The number of quaternary nitrogens is 1. The number of hydrogen-bond acceptors (Lipinski definition) is 4. The van der Waals surface area contributed by atoms with Gasteiger partial charge in [-0.15, -0.1) is 0 Å². The zero-order valence-corrected chi connectivity index (χ0v) is 13.5. The summed E-state index contributed by atoms with van der Waals surface area (Å²) in [7, 11) is 3.03. The second kappa shape index (κ2) is 7.45. The summed E-state index contributed by atoms with van der Waals surface area (Å²) in [5.74, 6) is 1.59. The van der Waals surface area contributed by atoms with E-state index in [2.05, 4.69) is 12.2 Å². The van der Waals surface area contributed by atoms with Crippen LogP contribution in [-0.4, -0.2) is 25.2 Å². The molecule has 1 aliphatic rings. The fraction of sp³-hybridized carbons (Fsp3) is 0.625. The Labute approximate surface area is 131 Å². The Morgan fingerprint density at radius 2 is 1.86 bits per heavy atom. The highest BCUT2D eigenvalue weighted by Gasteiger charge is 2.26. The molecule has 6 heteroatoms. The second-order valence-electron chi connectivity index (χ2n) is 5.96. The number of hydrogen-bond donors (Lipinski definition) is 1. The molecule has 2 N–H and O–H groups in total.